The van der Waals surface area contributed by atoms with E-state index >= 15 is 0 Å². The van der Waals surface area contributed by atoms with Gasteiger partial charge >= 0.3 is 5.97 Å². The molecule has 0 spiro atoms. The van der Waals surface area contributed by atoms with Gasteiger partial charge in [-0.15, -0.1) is 0 Å². The molecule has 0 radical (unpaired) electrons. The number of furan rings is 1. The molecule has 0 atom stereocenters. The lowest BCUT2D eigenvalue weighted by molar-refractivity contribution is -0.128. The lowest BCUT2D eigenvalue weighted by Gasteiger charge is -2.08. The second-order valence-electron chi connectivity index (χ2n) is 5.91. The average molecular weight is 319 g/mol. The predicted octanol–water partition coefficient (Wildman–Crippen LogP) is 4.33. The number of carbonyl (C=O) groups excluding carboxylic acids is 1. The van der Waals surface area contributed by atoms with Gasteiger partial charge in [0.05, 0.1) is 0 Å². The molecular weight excluding hydrogens is 302 g/mol. The molecule has 24 heavy (non-hydrogen) atoms. The number of hydrogen-bond donors (Lipinski definition) is 0. The first-order valence-electron chi connectivity index (χ1n) is 8.14. The van der Waals surface area contributed by atoms with Crippen LogP contribution in [0.25, 0.3) is 17.0 Å². The minimum absolute atomic E-state index is 0.407. The minimum atomic E-state index is -0.407. The third kappa shape index (κ3) is 2.95. The standard InChI is InChI=1S/C20H17NO3/c22-20(10-7-14-4-3-11-21-13-14)23-15-8-9-19-17(12-15)16-5-1-2-6-18(16)24-19/h3-4,7-13H,1-2,5-6H2/b10-7+. The van der Waals surface area contributed by atoms with Crippen LogP contribution in [0.3, 0.4) is 0 Å². The molecule has 0 aliphatic heterocycles. The molecule has 2 aromatic heterocycles. The second-order valence-corrected chi connectivity index (χ2v) is 5.91. The van der Waals surface area contributed by atoms with E-state index in [2.05, 4.69) is 4.98 Å². The van der Waals surface area contributed by atoms with Gasteiger partial charge in [-0.25, -0.2) is 4.79 Å². The summed E-state index contributed by atoms with van der Waals surface area (Å²) in [4.78, 5) is 16.0. The van der Waals surface area contributed by atoms with Gasteiger partial charge in [0, 0.05) is 35.8 Å². The van der Waals surface area contributed by atoms with Crippen LogP contribution >= 0.6 is 0 Å². The van der Waals surface area contributed by atoms with Crippen molar-refractivity contribution in [2.24, 2.45) is 0 Å². The molecule has 2 heterocycles. The Kier molecular flexibility index (Phi) is 3.87. The highest BCUT2D eigenvalue weighted by Crippen LogP contribution is 2.33. The SMILES string of the molecule is O=C(/C=C/c1cccnc1)Oc1ccc2oc3c(c2c1)CCCC3. The number of rotatable bonds is 3. The summed E-state index contributed by atoms with van der Waals surface area (Å²) in [5, 5.41) is 1.06. The highest BCUT2D eigenvalue weighted by atomic mass is 16.5. The molecule has 0 N–H and O–H groups in total. The van der Waals surface area contributed by atoms with Crippen LogP contribution in [0.4, 0.5) is 0 Å². The van der Waals surface area contributed by atoms with Crippen LogP contribution < -0.4 is 4.74 Å². The van der Waals surface area contributed by atoms with Crippen LogP contribution in [0, 0.1) is 0 Å². The molecule has 0 fully saturated rings. The molecule has 1 aromatic carbocycles. The number of aryl methyl sites for hydroxylation is 2. The predicted molar refractivity (Wildman–Crippen MR) is 91.8 cm³/mol. The zero-order valence-electron chi connectivity index (χ0n) is 13.2. The van der Waals surface area contributed by atoms with E-state index in [1.165, 1.54) is 24.5 Å². The van der Waals surface area contributed by atoms with Crippen molar-refractivity contribution in [1.29, 1.82) is 0 Å². The third-order valence-corrected chi connectivity index (χ3v) is 4.24. The number of carbonyl (C=O) groups is 1. The van der Waals surface area contributed by atoms with Crippen molar-refractivity contribution in [2.75, 3.05) is 0 Å². The number of fused-ring (bicyclic) bond motifs is 3. The molecule has 0 amide bonds. The van der Waals surface area contributed by atoms with Crippen molar-refractivity contribution in [3.8, 4) is 5.75 Å². The van der Waals surface area contributed by atoms with E-state index in [9.17, 15) is 4.79 Å². The van der Waals surface area contributed by atoms with Gasteiger partial charge in [-0.3, -0.25) is 4.98 Å². The van der Waals surface area contributed by atoms with E-state index in [4.69, 9.17) is 9.15 Å². The van der Waals surface area contributed by atoms with Gasteiger partial charge in [0.1, 0.15) is 17.1 Å². The molecule has 3 aromatic rings. The fraction of sp³-hybridized carbons (Fsp3) is 0.200. The van der Waals surface area contributed by atoms with E-state index in [0.29, 0.717) is 5.75 Å². The highest BCUT2D eigenvalue weighted by Gasteiger charge is 2.18. The number of hydrogen-bond acceptors (Lipinski definition) is 4. The fourth-order valence-corrected chi connectivity index (χ4v) is 3.09. The number of esters is 1. The van der Waals surface area contributed by atoms with E-state index in [1.54, 1.807) is 24.5 Å². The van der Waals surface area contributed by atoms with Crippen molar-refractivity contribution in [3.63, 3.8) is 0 Å². The van der Waals surface area contributed by atoms with E-state index in [-0.39, 0.29) is 0 Å². The summed E-state index contributed by atoms with van der Waals surface area (Å²) in [6, 6.07) is 9.24. The summed E-state index contributed by atoms with van der Waals surface area (Å²) in [5.74, 6) is 1.21. The number of ether oxygens (including phenoxy) is 1. The first-order valence-corrected chi connectivity index (χ1v) is 8.14. The molecule has 120 valence electrons. The Morgan fingerprint density at radius 2 is 2.12 bits per heavy atom. The first kappa shape index (κ1) is 14.7. The van der Waals surface area contributed by atoms with Crippen molar-refractivity contribution in [1.82, 2.24) is 4.98 Å². The monoisotopic (exact) mass is 319 g/mol. The van der Waals surface area contributed by atoms with E-state index < -0.39 is 5.97 Å². The van der Waals surface area contributed by atoms with E-state index in [0.717, 1.165) is 35.1 Å². The first-order chi connectivity index (χ1) is 11.8. The van der Waals surface area contributed by atoms with Gasteiger partial charge in [0.15, 0.2) is 0 Å². The largest absolute Gasteiger partial charge is 0.461 e. The normalized spacial score (nSPS) is 14.0. The lowest BCUT2D eigenvalue weighted by atomic mass is 9.96. The fourth-order valence-electron chi connectivity index (χ4n) is 3.09. The summed E-state index contributed by atoms with van der Waals surface area (Å²) < 4.78 is 11.3. The van der Waals surface area contributed by atoms with Gasteiger partial charge in [-0.1, -0.05) is 6.07 Å². The quantitative estimate of drug-likeness (QED) is 0.410. The Hall–Kier alpha value is -2.88. The molecule has 0 saturated carbocycles. The smallest absolute Gasteiger partial charge is 0.336 e. The highest BCUT2D eigenvalue weighted by molar-refractivity contribution is 5.90. The Morgan fingerprint density at radius 3 is 3.00 bits per heavy atom. The second kappa shape index (κ2) is 6.32. The average Bonchev–Trinajstić information content (AvgIpc) is 2.99. The Bertz CT molecular complexity index is 909. The lowest BCUT2D eigenvalue weighted by Crippen LogP contribution is -2.03. The van der Waals surface area contributed by atoms with Crippen LogP contribution in [0.1, 0.15) is 29.7 Å². The number of nitrogens with zero attached hydrogens (tertiary/aromatic N) is 1. The molecule has 0 bridgehead atoms. The van der Waals surface area contributed by atoms with Gasteiger partial charge in [-0.2, -0.15) is 0 Å². The maximum atomic E-state index is 12.0. The molecule has 1 aliphatic carbocycles. The van der Waals surface area contributed by atoms with Crippen LogP contribution in [0.2, 0.25) is 0 Å². The molecule has 0 unspecified atom stereocenters. The maximum Gasteiger partial charge on any atom is 0.336 e. The van der Waals surface area contributed by atoms with Crippen molar-refractivity contribution in [2.45, 2.75) is 25.7 Å². The summed E-state index contributed by atoms with van der Waals surface area (Å²) in [5.41, 5.74) is 2.99. The summed E-state index contributed by atoms with van der Waals surface area (Å²) in [7, 11) is 0. The molecule has 1 aliphatic rings. The molecule has 4 nitrogen and oxygen atoms in total. The molecular formula is C20H17NO3. The van der Waals surface area contributed by atoms with Crippen molar-refractivity contribution >= 4 is 23.0 Å². The van der Waals surface area contributed by atoms with Gasteiger partial charge in [0.2, 0.25) is 0 Å². The Labute approximate surface area is 139 Å². The van der Waals surface area contributed by atoms with Crippen LogP contribution in [0.5, 0.6) is 5.75 Å². The topological polar surface area (TPSA) is 52.3 Å². The van der Waals surface area contributed by atoms with Crippen LogP contribution in [-0.2, 0) is 17.6 Å². The molecule has 0 saturated heterocycles. The van der Waals surface area contributed by atoms with Gasteiger partial charge in [0.25, 0.3) is 0 Å². The Balaban J connectivity index is 1.54. The van der Waals surface area contributed by atoms with Gasteiger partial charge < -0.3 is 9.15 Å². The number of benzene rings is 1. The number of aromatic nitrogens is 1. The summed E-state index contributed by atoms with van der Waals surface area (Å²) >= 11 is 0. The molecule has 4 heteroatoms. The molecule has 4 rings (SSSR count). The summed E-state index contributed by atoms with van der Waals surface area (Å²) in [6.07, 6.45) is 10.9. The zero-order valence-corrected chi connectivity index (χ0v) is 13.2. The number of pyridine rings is 1. The maximum absolute atomic E-state index is 12.0. The summed E-state index contributed by atoms with van der Waals surface area (Å²) in [6.45, 7) is 0. The van der Waals surface area contributed by atoms with Crippen LogP contribution in [-0.4, -0.2) is 11.0 Å². The third-order valence-electron chi connectivity index (χ3n) is 4.24. The van der Waals surface area contributed by atoms with Crippen LogP contribution in [0.15, 0.2) is 53.2 Å². The minimum Gasteiger partial charge on any atom is -0.461 e. The van der Waals surface area contributed by atoms with Crippen molar-refractivity contribution in [3.05, 3.63) is 65.7 Å². The zero-order chi connectivity index (χ0) is 16.4. The Morgan fingerprint density at radius 1 is 1.21 bits per heavy atom. The van der Waals surface area contributed by atoms with Crippen molar-refractivity contribution < 1.29 is 13.9 Å². The van der Waals surface area contributed by atoms with E-state index in [1.807, 2.05) is 24.3 Å². The van der Waals surface area contributed by atoms with Gasteiger partial charge in [-0.05, 0) is 55.2 Å².